The first kappa shape index (κ1) is 9.01. The molecule has 2 nitrogen and oxygen atoms in total. The summed E-state index contributed by atoms with van der Waals surface area (Å²) in [5, 5.41) is 3.24. The van der Waals surface area contributed by atoms with Gasteiger partial charge in [0.15, 0.2) is 0 Å². The van der Waals surface area contributed by atoms with Crippen molar-refractivity contribution in [2.75, 3.05) is 26.7 Å². The largest absolute Gasteiger partial charge is 0.319 e. The summed E-state index contributed by atoms with van der Waals surface area (Å²) in [6, 6.07) is 0.733. The van der Waals surface area contributed by atoms with Gasteiger partial charge < -0.3 is 10.2 Å². The van der Waals surface area contributed by atoms with Crippen molar-refractivity contribution in [3.8, 4) is 0 Å². The summed E-state index contributed by atoms with van der Waals surface area (Å²) in [7, 11) is 2.04. The van der Waals surface area contributed by atoms with Crippen LogP contribution in [0.3, 0.4) is 0 Å². The average Bonchev–Trinajstić information content (AvgIpc) is 2.37. The van der Waals surface area contributed by atoms with Gasteiger partial charge in [0.1, 0.15) is 0 Å². The molecule has 1 rings (SSSR count). The predicted molar refractivity (Wildman–Crippen MR) is 48.7 cm³/mol. The number of hydrogen-bond acceptors (Lipinski definition) is 2. The van der Waals surface area contributed by atoms with E-state index in [0.717, 1.165) is 12.0 Å². The second-order valence-electron chi connectivity index (χ2n) is 3.80. The van der Waals surface area contributed by atoms with Gasteiger partial charge in [0, 0.05) is 12.6 Å². The molecule has 1 aliphatic heterocycles. The topological polar surface area (TPSA) is 15.3 Å². The number of hydrogen-bond donors (Lipinski definition) is 1. The summed E-state index contributed by atoms with van der Waals surface area (Å²) < 4.78 is 0. The normalized spacial score (nSPS) is 26.7. The van der Waals surface area contributed by atoms with Crippen molar-refractivity contribution in [3.05, 3.63) is 0 Å². The third-order valence-corrected chi connectivity index (χ3v) is 2.54. The van der Waals surface area contributed by atoms with Crippen molar-refractivity contribution >= 4 is 0 Å². The summed E-state index contributed by atoms with van der Waals surface area (Å²) in [6.45, 7) is 8.33. The van der Waals surface area contributed by atoms with Crippen molar-refractivity contribution in [2.45, 2.75) is 26.3 Å². The summed E-state index contributed by atoms with van der Waals surface area (Å²) in [6.07, 6.45) is 1.37. The van der Waals surface area contributed by atoms with Gasteiger partial charge in [-0.15, -0.1) is 0 Å². The summed E-state index contributed by atoms with van der Waals surface area (Å²) in [4.78, 5) is 2.56. The lowest BCUT2D eigenvalue weighted by molar-refractivity contribution is 0.264. The molecule has 1 atom stereocenters. The van der Waals surface area contributed by atoms with E-state index < -0.39 is 0 Å². The highest BCUT2D eigenvalue weighted by Crippen LogP contribution is 2.17. The van der Waals surface area contributed by atoms with Gasteiger partial charge >= 0.3 is 0 Å². The van der Waals surface area contributed by atoms with Crippen molar-refractivity contribution in [1.82, 2.24) is 10.2 Å². The quantitative estimate of drug-likeness (QED) is 0.654. The molecule has 1 fully saturated rings. The third-order valence-electron chi connectivity index (χ3n) is 2.54. The number of nitrogens with one attached hydrogen (secondary N) is 1. The molecule has 66 valence electrons. The molecule has 0 saturated carbocycles. The van der Waals surface area contributed by atoms with Crippen LogP contribution < -0.4 is 5.32 Å². The minimum atomic E-state index is 0.733. The highest BCUT2D eigenvalue weighted by molar-refractivity contribution is 4.78. The Balaban J connectivity index is 2.23. The molecule has 0 unspecified atom stereocenters. The first-order valence-corrected chi connectivity index (χ1v) is 4.62. The van der Waals surface area contributed by atoms with Crippen LogP contribution in [0.5, 0.6) is 0 Å². The Kier molecular flexibility index (Phi) is 3.34. The van der Waals surface area contributed by atoms with Crippen LogP contribution in [0.25, 0.3) is 0 Å². The molecule has 0 bridgehead atoms. The fourth-order valence-corrected chi connectivity index (χ4v) is 1.79. The molecule has 0 amide bonds. The van der Waals surface area contributed by atoms with Crippen LogP contribution in [0.2, 0.25) is 0 Å². The lowest BCUT2D eigenvalue weighted by Crippen LogP contribution is -2.29. The fraction of sp³-hybridized carbons (Fsp3) is 1.00. The molecular formula is C9H20N2. The zero-order valence-electron chi connectivity index (χ0n) is 7.93. The van der Waals surface area contributed by atoms with Crippen LogP contribution >= 0.6 is 0 Å². The molecule has 1 N–H and O–H groups in total. The zero-order chi connectivity index (χ0) is 8.27. The van der Waals surface area contributed by atoms with E-state index in [1.165, 1.54) is 26.1 Å². The van der Waals surface area contributed by atoms with Gasteiger partial charge in [0.25, 0.3) is 0 Å². The van der Waals surface area contributed by atoms with Crippen LogP contribution in [0.1, 0.15) is 20.3 Å². The molecule has 2 heteroatoms. The van der Waals surface area contributed by atoms with E-state index in [4.69, 9.17) is 0 Å². The first-order chi connectivity index (χ1) is 5.24. The summed E-state index contributed by atoms with van der Waals surface area (Å²) in [5.41, 5.74) is 0. The first-order valence-electron chi connectivity index (χ1n) is 4.62. The van der Waals surface area contributed by atoms with Gasteiger partial charge in [0.2, 0.25) is 0 Å². The highest BCUT2D eigenvalue weighted by atomic mass is 15.2. The van der Waals surface area contributed by atoms with Gasteiger partial charge in [-0.1, -0.05) is 0 Å². The lowest BCUT2D eigenvalue weighted by atomic mass is 10.1. The van der Waals surface area contributed by atoms with Crippen molar-refractivity contribution in [2.24, 2.45) is 5.92 Å². The summed E-state index contributed by atoms with van der Waals surface area (Å²) >= 11 is 0. The van der Waals surface area contributed by atoms with E-state index >= 15 is 0 Å². The minimum Gasteiger partial charge on any atom is -0.319 e. The number of likely N-dealkylation sites (tertiary alicyclic amines) is 1. The Hall–Kier alpha value is -0.0800. The number of nitrogens with zero attached hydrogens (tertiary/aromatic N) is 1. The Morgan fingerprint density at radius 3 is 2.73 bits per heavy atom. The molecule has 0 aliphatic carbocycles. The molecule has 0 aromatic rings. The monoisotopic (exact) mass is 156 g/mol. The van der Waals surface area contributed by atoms with Gasteiger partial charge in [-0.25, -0.2) is 0 Å². The highest BCUT2D eigenvalue weighted by Gasteiger charge is 2.22. The van der Waals surface area contributed by atoms with Gasteiger partial charge in [-0.2, -0.15) is 0 Å². The van der Waals surface area contributed by atoms with E-state index in [1.807, 2.05) is 7.05 Å². The minimum absolute atomic E-state index is 0.733. The Morgan fingerprint density at radius 2 is 2.27 bits per heavy atom. The van der Waals surface area contributed by atoms with Crippen LogP contribution in [-0.2, 0) is 0 Å². The molecule has 1 heterocycles. The van der Waals surface area contributed by atoms with Crippen molar-refractivity contribution < 1.29 is 0 Å². The van der Waals surface area contributed by atoms with Gasteiger partial charge in [-0.05, 0) is 46.3 Å². The molecule has 0 radical (unpaired) electrons. The molecule has 1 aliphatic rings. The van der Waals surface area contributed by atoms with Gasteiger partial charge in [0.05, 0.1) is 0 Å². The maximum atomic E-state index is 3.24. The average molecular weight is 156 g/mol. The Morgan fingerprint density at radius 1 is 1.55 bits per heavy atom. The predicted octanol–water partition coefficient (Wildman–Crippen LogP) is 0.936. The van der Waals surface area contributed by atoms with Crippen LogP contribution in [0.4, 0.5) is 0 Å². The molecular weight excluding hydrogens is 136 g/mol. The van der Waals surface area contributed by atoms with Gasteiger partial charge in [-0.3, -0.25) is 0 Å². The maximum absolute atomic E-state index is 3.24. The SMILES string of the molecule is CNC[C@@H]1CCN(C(C)C)C1. The second-order valence-corrected chi connectivity index (χ2v) is 3.80. The Labute approximate surface area is 70.0 Å². The second kappa shape index (κ2) is 4.07. The van der Waals surface area contributed by atoms with Crippen molar-refractivity contribution in [1.29, 1.82) is 0 Å². The molecule has 0 spiro atoms. The van der Waals surface area contributed by atoms with Crippen LogP contribution in [0, 0.1) is 5.92 Å². The van der Waals surface area contributed by atoms with E-state index in [-0.39, 0.29) is 0 Å². The standard InChI is InChI=1S/C9H20N2/c1-8(2)11-5-4-9(7-11)6-10-3/h8-10H,4-7H2,1-3H3/t9-/m0/s1. The molecule has 0 aromatic heterocycles. The van der Waals surface area contributed by atoms with E-state index in [2.05, 4.69) is 24.1 Å². The van der Waals surface area contributed by atoms with Crippen molar-refractivity contribution in [3.63, 3.8) is 0 Å². The lowest BCUT2D eigenvalue weighted by Gasteiger charge is -2.20. The molecule has 11 heavy (non-hydrogen) atoms. The fourth-order valence-electron chi connectivity index (χ4n) is 1.79. The summed E-state index contributed by atoms with van der Waals surface area (Å²) in [5.74, 6) is 0.891. The van der Waals surface area contributed by atoms with E-state index in [1.54, 1.807) is 0 Å². The third kappa shape index (κ3) is 2.46. The maximum Gasteiger partial charge on any atom is 0.00387 e. The molecule has 0 aromatic carbocycles. The number of rotatable bonds is 3. The smallest absolute Gasteiger partial charge is 0.00387 e. The zero-order valence-corrected chi connectivity index (χ0v) is 7.93. The molecule has 1 saturated heterocycles. The van der Waals surface area contributed by atoms with E-state index in [9.17, 15) is 0 Å². The van der Waals surface area contributed by atoms with Crippen LogP contribution in [-0.4, -0.2) is 37.6 Å². The van der Waals surface area contributed by atoms with Crippen LogP contribution in [0.15, 0.2) is 0 Å². The Bertz CT molecular complexity index is 112. The van der Waals surface area contributed by atoms with E-state index in [0.29, 0.717) is 0 Å².